The minimum absolute atomic E-state index is 0.203. The van der Waals surface area contributed by atoms with Crippen molar-refractivity contribution in [1.82, 2.24) is 10.2 Å². The van der Waals surface area contributed by atoms with Gasteiger partial charge in [0.05, 0.1) is 5.92 Å². The number of rotatable bonds is 4. The maximum Gasteiger partial charge on any atom is 0.227 e. The number of hydrogen-bond donors (Lipinski definition) is 1. The first-order valence-electron chi connectivity index (χ1n) is 8.37. The molecule has 1 aromatic rings. The number of amides is 1. The van der Waals surface area contributed by atoms with Crippen molar-refractivity contribution < 1.29 is 4.79 Å². The molecule has 0 radical (unpaired) electrons. The summed E-state index contributed by atoms with van der Waals surface area (Å²) >= 11 is 0. The van der Waals surface area contributed by atoms with E-state index in [1.807, 2.05) is 0 Å². The molecule has 1 aliphatic heterocycles. The van der Waals surface area contributed by atoms with E-state index in [2.05, 4.69) is 41.4 Å². The molecule has 0 spiro atoms. The lowest BCUT2D eigenvalue weighted by molar-refractivity contribution is -0.137. The Morgan fingerprint density at radius 2 is 2.10 bits per heavy atom. The van der Waals surface area contributed by atoms with E-state index >= 15 is 0 Å². The van der Waals surface area contributed by atoms with Crippen LogP contribution in [0.3, 0.4) is 0 Å². The molecular formula is C18H26N2O. The first-order valence-corrected chi connectivity index (χ1v) is 8.37. The van der Waals surface area contributed by atoms with E-state index < -0.39 is 0 Å². The van der Waals surface area contributed by atoms with Crippen molar-refractivity contribution in [2.24, 2.45) is 5.92 Å². The molecule has 1 N–H and O–H groups in total. The highest BCUT2D eigenvalue weighted by Gasteiger charge is 2.32. The summed E-state index contributed by atoms with van der Waals surface area (Å²) in [7, 11) is 0. The maximum atomic E-state index is 12.8. The summed E-state index contributed by atoms with van der Waals surface area (Å²) in [4.78, 5) is 15.0. The normalized spacial score (nSPS) is 24.6. The molecule has 3 rings (SSSR count). The average molecular weight is 286 g/mol. The van der Waals surface area contributed by atoms with Gasteiger partial charge in [-0.25, -0.2) is 0 Å². The fourth-order valence-corrected chi connectivity index (χ4v) is 3.76. The number of nitrogens with zero attached hydrogens (tertiary/aromatic N) is 1. The molecule has 114 valence electrons. The zero-order chi connectivity index (χ0) is 14.7. The van der Waals surface area contributed by atoms with Crippen LogP contribution in [-0.4, -0.2) is 36.5 Å². The number of carbonyl (C=O) groups is 1. The molecular weight excluding hydrogens is 260 g/mol. The lowest BCUT2D eigenvalue weighted by Crippen LogP contribution is -2.46. The van der Waals surface area contributed by atoms with Crippen LogP contribution in [0.2, 0.25) is 0 Å². The summed E-state index contributed by atoms with van der Waals surface area (Å²) in [5.74, 6) is 0.583. The quantitative estimate of drug-likeness (QED) is 0.922. The van der Waals surface area contributed by atoms with Crippen molar-refractivity contribution >= 4 is 5.91 Å². The van der Waals surface area contributed by atoms with E-state index in [-0.39, 0.29) is 5.92 Å². The predicted molar refractivity (Wildman–Crippen MR) is 85.2 cm³/mol. The van der Waals surface area contributed by atoms with Gasteiger partial charge in [-0.15, -0.1) is 0 Å². The number of fused-ring (bicyclic) bond motifs is 1. The highest BCUT2D eigenvalue weighted by atomic mass is 16.2. The molecule has 1 aliphatic carbocycles. The Labute approximate surface area is 127 Å². The second kappa shape index (κ2) is 6.61. The van der Waals surface area contributed by atoms with Crippen molar-refractivity contribution in [2.75, 3.05) is 19.6 Å². The molecule has 1 amide bonds. The van der Waals surface area contributed by atoms with Crippen LogP contribution >= 0.6 is 0 Å². The number of benzene rings is 1. The van der Waals surface area contributed by atoms with E-state index in [0.717, 1.165) is 51.7 Å². The molecule has 0 aromatic heterocycles. The Hall–Kier alpha value is -1.35. The first-order chi connectivity index (χ1) is 10.3. The Balaban J connectivity index is 1.74. The third kappa shape index (κ3) is 3.13. The fraction of sp³-hybridized carbons (Fsp3) is 0.611. The summed E-state index contributed by atoms with van der Waals surface area (Å²) in [5, 5.41) is 3.32. The number of hydrogen-bond acceptors (Lipinski definition) is 2. The number of carbonyl (C=O) groups excluding carboxylic acids is 1. The standard InChI is InChI=1S/C18H26N2O/c1-2-11-20(18(21)16-9-10-19-13-16)17-8-7-14-5-3-4-6-15(14)12-17/h3-6,16-17,19H,2,7-13H2,1H3. The zero-order valence-electron chi connectivity index (χ0n) is 13.0. The molecule has 1 aromatic carbocycles. The van der Waals surface area contributed by atoms with Gasteiger partial charge in [0.15, 0.2) is 0 Å². The smallest absolute Gasteiger partial charge is 0.227 e. The van der Waals surface area contributed by atoms with Gasteiger partial charge in [0.2, 0.25) is 5.91 Å². The third-order valence-electron chi connectivity index (χ3n) is 4.92. The van der Waals surface area contributed by atoms with Crippen LogP contribution in [-0.2, 0) is 17.6 Å². The van der Waals surface area contributed by atoms with Crippen molar-refractivity contribution in [1.29, 1.82) is 0 Å². The lowest BCUT2D eigenvalue weighted by Gasteiger charge is -2.36. The number of aryl methyl sites for hydroxylation is 1. The minimum atomic E-state index is 0.203. The van der Waals surface area contributed by atoms with E-state index in [0.29, 0.717) is 11.9 Å². The van der Waals surface area contributed by atoms with Crippen LogP contribution in [0.15, 0.2) is 24.3 Å². The third-order valence-corrected chi connectivity index (χ3v) is 4.92. The molecule has 21 heavy (non-hydrogen) atoms. The highest BCUT2D eigenvalue weighted by molar-refractivity contribution is 5.79. The lowest BCUT2D eigenvalue weighted by atomic mass is 9.87. The van der Waals surface area contributed by atoms with E-state index in [9.17, 15) is 4.79 Å². The van der Waals surface area contributed by atoms with Crippen LogP contribution in [0.1, 0.15) is 37.3 Å². The van der Waals surface area contributed by atoms with Gasteiger partial charge in [-0.05, 0) is 49.8 Å². The molecule has 2 unspecified atom stereocenters. The van der Waals surface area contributed by atoms with Gasteiger partial charge in [-0.3, -0.25) is 4.79 Å². The Bertz CT molecular complexity index is 494. The fourth-order valence-electron chi connectivity index (χ4n) is 3.76. The molecule has 1 saturated heterocycles. The summed E-state index contributed by atoms with van der Waals surface area (Å²) in [5.41, 5.74) is 2.91. The Kier molecular flexibility index (Phi) is 4.59. The SMILES string of the molecule is CCCN(C(=O)C1CCNC1)C1CCc2ccccc2C1. The van der Waals surface area contributed by atoms with Gasteiger partial charge in [0.1, 0.15) is 0 Å². The molecule has 0 saturated carbocycles. The van der Waals surface area contributed by atoms with Crippen molar-refractivity contribution in [3.05, 3.63) is 35.4 Å². The monoisotopic (exact) mass is 286 g/mol. The maximum absolute atomic E-state index is 12.8. The molecule has 3 nitrogen and oxygen atoms in total. The predicted octanol–water partition coefficient (Wildman–Crippen LogP) is 2.39. The van der Waals surface area contributed by atoms with Crippen molar-refractivity contribution in [3.63, 3.8) is 0 Å². The van der Waals surface area contributed by atoms with Gasteiger partial charge in [0.25, 0.3) is 0 Å². The number of nitrogens with one attached hydrogen (secondary N) is 1. The van der Waals surface area contributed by atoms with Gasteiger partial charge in [0, 0.05) is 19.1 Å². The van der Waals surface area contributed by atoms with E-state index in [1.165, 1.54) is 11.1 Å². The first kappa shape index (κ1) is 14.6. The summed E-state index contributed by atoms with van der Waals surface area (Å²) in [6, 6.07) is 9.10. The van der Waals surface area contributed by atoms with Crippen molar-refractivity contribution in [2.45, 2.75) is 45.1 Å². The van der Waals surface area contributed by atoms with Crippen LogP contribution < -0.4 is 5.32 Å². The zero-order valence-corrected chi connectivity index (χ0v) is 13.0. The second-order valence-electron chi connectivity index (χ2n) is 6.39. The topological polar surface area (TPSA) is 32.3 Å². The Morgan fingerprint density at radius 3 is 2.81 bits per heavy atom. The van der Waals surface area contributed by atoms with Crippen molar-refractivity contribution in [3.8, 4) is 0 Å². The minimum Gasteiger partial charge on any atom is -0.339 e. The summed E-state index contributed by atoms with van der Waals surface area (Å²) < 4.78 is 0. The van der Waals surface area contributed by atoms with Crippen LogP contribution in [0.5, 0.6) is 0 Å². The average Bonchev–Trinajstić information content (AvgIpc) is 3.06. The summed E-state index contributed by atoms with van der Waals surface area (Å²) in [6.07, 6.45) is 5.30. The highest BCUT2D eigenvalue weighted by Crippen LogP contribution is 2.26. The molecule has 3 heteroatoms. The van der Waals surface area contributed by atoms with Crippen LogP contribution in [0, 0.1) is 5.92 Å². The summed E-state index contributed by atoms with van der Waals surface area (Å²) in [6.45, 7) is 4.93. The molecule has 1 heterocycles. The molecule has 1 fully saturated rings. The van der Waals surface area contributed by atoms with Crippen LogP contribution in [0.4, 0.5) is 0 Å². The Morgan fingerprint density at radius 1 is 1.29 bits per heavy atom. The molecule has 0 bridgehead atoms. The largest absolute Gasteiger partial charge is 0.339 e. The molecule has 2 atom stereocenters. The van der Waals surface area contributed by atoms with Gasteiger partial charge >= 0.3 is 0 Å². The van der Waals surface area contributed by atoms with E-state index in [1.54, 1.807) is 0 Å². The van der Waals surface area contributed by atoms with Gasteiger partial charge in [-0.1, -0.05) is 31.2 Å². The van der Waals surface area contributed by atoms with Gasteiger partial charge < -0.3 is 10.2 Å². The second-order valence-corrected chi connectivity index (χ2v) is 6.39. The van der Waals surface area contributed by atoms with Crippen LogP contribution in [0.25, 0.3) is 0 Å². The van der Waals surface area contributed by atoms with E-state index in [4.69, 9.17) is 0 Å². The van der Waals surface area contributed by atoms with Gasteiger partial charge in [-0.2, -0.15) is 0 Å². The molecule has 2 aliphatic rings.